The van der Waals surface area contributed by atoms with E-state index in [2.05, 4.69) is 20.6 Å². The number of carbonyl (C=O) groups is 1. The maximum Gasteiger partial charge on any atom is 0.274 e. The molecule has 0 unspecified atom stereocenters. The Bertz CT molecular complexity index is 949. The van der Waals surface area contributed by atoms with Gasteiger partial charge in [0.2, 0.25) is 0 Å². The minimum atomic E-state index is -1.07. The second-order valence-corrected chi connectivity index (χ2v) is 5.32. The van der Waals surface area contributed by atoms with Gasteiger partial charge in [0.1, 0.15) is 23.7 Å². The van der Waals surface area contributed by atoms with Crippen LogP contribution in [-0.4, -0.2) is 15.9 Å². The highest BCUT2D eigenvalue weighted by Gasteiger charge is 2.11. The smallest absolute Gasteiger partial charge is 0.274 e. The van der Waals surface area contributed by atoms with Crippen LogP contribution in [0, 0.1) is 17.5 Å². The number of benzene rings is 2. The van der Waals surface area contributed by atoms with Gasteiger partial charge < -0.3 is 10.6 Å². The zero-order valence-corrected chi connectivity index (χ0v) is 13.3. The molecule has 0 spiro atoms. The van der Waals surface area contributed by atoms with Gasteiger partial charge in [0.05, 0.1) is 0 Å². The molecule has 1 heterocycles. The molecule has 0 atom stereocenters. The molecule has 1 aromatic heterocycles. The lowest BCUT2D eigenvalue weighted by molar-refractivity contribution is 0.102. The van der Waals surface area contributed by atoms with Crippen molar-refractivity contribution in [3.8, 4) is 0 Å². The van der Waals surface area contributed by atoms with Crippen LogP contribution >= 0.6 is 0 Å². The van der Waals surface area contributed by atoms with Crippen LogP contribution in [-0.2, 0) is 6.54 Å². The standard InChI is InChI=1S/C18H13F3N4O/c19-13-4-2-1-3-11(13)9-22-17-8-16(23-10-24-17)18(26)25-12-5-6-14(20)15(21)7-12/h1-8,10H,9H2,(H,25,26)(H,22,23,24). The Kier molecular flexibility index (Phi) is 5.12. The van der Waals surface area contributed by atoms with Crippen molar-refractivity contribution in [1.82, 2.24) is 9.97 Å². The van der Waals surface area contributed by atoms with E-state index in [9.17, 15) is 18.0 Å². The number of hydrogen-bond acceptors (Lipinski definition) is 4. The highest BCUT2D eigenvalue weighted by molar-refractivity contribution is 6.03. The van der Waals surface area contributed by atoms with Gasteiger partial charge in [0.25, 0.3) is 5.91 Å². The monoisotopic (exact) mass is 358 g/mol. The van der Waals surface area contributed by atoms with Gasteiger partial charge >= 0.3 is 0 Å². The van der Waals surface area contributed by atoms with Crippen LogP contribution < -0.4 is 10.6 Å². The maximum atomic E-state index is 13.6. The van der Waals surface area contributed by atoms with E-state index in [0.717, 1.165) is 12.1 Å². The van der Waals surface area contributed by atoms with E-state index in [4.69, 9.17) is 0 Å². The second-order valence-electron chi connectivity index (χ2n) is 5.32. The summed E-state index contributed by atoms with van der Waals surface area (Å²) in [4.78, 5) is 20.0. The van der Waals surface area contributed by atoms with Gasteiger partial charge in [-0.25, -0.2) is 23.1 Å². The molecule has 0 aliphatic rings. The van der Waals surface area contributed by atoms with E-state index in [1.54, 1.807) is 18.2 Å². The first-order valence-corrected chi connectivity index (χ1v) is 7.58. The molecular formula is C18H13F3N4O. The minimum Gasteiger partial charge on any atom is -0.366 e. The summed E-state index contributed by atoms with van der Waals surface area (Å²) >= 11 is 0. The SMILES string of the molecule is O=C(Nc1ccc(F)c(F)c1)c1cc(NCc2ccccc2F)ncn1. The van der Waals surface area contributed by atoms with Crippen LogP contribution in [0.5, 0.6) is 0 Å². The van der Waals surface area contributed by atoms with E-state index in [-0.39, 0.29) is 23.7 Å². The average Bonchev–Trinajstić information content (AvgIpc) is 2.64. The first kappa shape index (κ1) is 17.4. The fourth-order valence-corrected chi connectivity index (χ4v) is 2.17. The maximum absolute atomic E-state index is 13.6. The number of aromatic nitrogens is 2. The predicted molar refractivity (Wildman–Crippen MR) is 90.1 cm³/mol. The molecule has 0 aliphatic heterocycles. The van der Waals surface area contributed by atoms with Crippen LogP contribution in [0.4, 0.5) is 24.7 Å². The highest BCUT2D eigenvalue weighted by atomic mass is 19.2. The Morgan fingerprint density at radius 1 is 0.923 bits per heavy atom. The molecule has 8 heteroatoms. The highest BCUT2D eigenvalue weighted by Crippen LogP contribution is 2.15. The summed E-state index contributed by atoms with van der Waals surface area (Å²) in [6, 6.07) is 10.6. The van der Waals surface area contributed by atoms with E-state index in [1.807, 2.05) is 0 Å². The number of amides is 1. The van der Waals surface area contributed by atoms with E-state index in [0.29, 0.717) is 11.4 Å². The third-order valence-electron chi connectivity index (χ3n) is 3.49. The molecule has 132 valence electrons. The van der Waals surface area contributed by atoms with Crippen molar-refractivity contribution in [3.05, 3.63) is 83.6 Å². The molecule has 0 bridgehead atoms. The quantitative estimate of drug-likeness (QED) is 0.729. The Hall–Kier alpha value is -3.42. The van der Waals surface area contributed by atoms with Crippen LogP contribution in [0.2, 0.25) is 0 Å². The summed E-state index contributed by atoms with van der Waals surface area (Å²) in [5, 5.41) is 5.31. The van der Waals surface area contributed by atoms with Crippen LogP contribution in [0.15, 0.2) is 54.9 Å². The Morgan fingerprint density at radius 3 is 2.50 bits per heavy atom. The molecule has 1 amide bonds. The summed E-state index contributed by atoms with van der Waals surface area (Å²) in [6.07, 6.45) is 1.17. The van der Waals surface area contributed by atoms with E-state index < -0.39 is 17.5 Å². The lowest BCUT2D eigenvalue weighted by Gasteiger charge is -2.08. The van der Waals surface area contributed by atoms with Crippen molar-refractivity contribution in [3.63, 3.8) is 0 Å². The molecule has 0 saturated heterocycles. The third-order valence-corrected chi connectivity index (χ3v) is 3.49. The Labute approximate surface area is 146 Å². The van der Waals surface area contributed by atoms with Crippen molar-refractivity contribution in [2.24, 2.45) is 0 Å². The number of hydrogen-bond donors (Lipinski definition) is 2. The van der Waals surface area contributed by atoms with Gasteiger partial charge in [-0.2, -0.15) is 0 Å². The molecule has 5 nitrogen and oxygen atoms in total. The normalized spacial score (nSPS) is 10.4. The molecule has 26 heavy (non-hydrogen) atoms. The van der Waals surface area contributed by atoms with E-state index in [1.165, 1.54) is 24.5 Å². The van der Waals surface area contributed by atoms with E-state index >= 15 is 0 Å². The summed E-state index contributed by atoms with van der Waals surface area (Å²) in [6.45, 7) is 0.175. The van der Waals surface area contributed by atoms with Gasteiger partial charge in [-0.05, 0) is 18.2 Å². The van der Waals surface area contributed by atoms with Crippen molar-refractivity contribution in [1.29, 1.82) is 0 Å². The van der Waals surface area contributed by atoms with Crippen molar-refractivity contribution < 1.29 is 18.0 Å². The number of rotatable bonds is 5. The van der Waals surface area contributed by atoms with Crippen molar-refractivity contribution >= 4 is 17.4 Å². The molecule has 0 aliphatic carbocycles. The van der Waals surface area contributed by atoms with Gasteiger partial charge in [0, 0.05) is 29.9 Å². The third kappa shape index (κ3) is 4.15. The van der Waals surface area contributed by atoms with Gasteiger partial charge in [-0.15, -0.1) is 0 Å². The first-order valence-electron chi connectivity index (χ1n) is 7.58. The zero-order valence-electron chi connectivity index (χ0n) is 13.3. The second kappa shape index (κ2) is 7.64. The zero-order chi connectivity index (χ0) is 18.5. The first-order chi connectivity index (χ1) is 12.5. The van der Waals surface area contributed by atoms with Crippen LogP contribution in [0.25, 0.3) is 0 Å². The molecule has 3 aromatic rings. The number of nitrogens with zero attached hydrogens (tertiary/aromatic N) is 2. The van der Waals surface area contributed by atoms with Gasteiger partial charge in [-0.1, -0.05) is 18.2 Å². The topological polar surface area (TPSA) is 66.9 Å². The minimum absolute atomic E-state index is 0.0146. The molecule has 0 saturated carbocycles. The predicted octanol–water partition coefficient (Wildman–Crippen LogP) is 3.76. The molecule has 2 N–H and O–H groups in total. The molecule has 0 fully saturated rings. The molecular weight excluding hydrogens is 345 g/mol. The van der Waals surface area contributed by atoms with Crippen LogP contribution in [0.3, 0.4) is 0 Å². The summed E-state index contributed by atoms with van der Waals surface area (Å²) in [7, 11) is 0. The Morgan fingerprint density at radius 2 is 1.73 bits per heavy atom. The fraction of sp³-hybridized carbons (Fsp3) is 0.0556. The Balaban J connectivity index is 1.69. The largest absolute Gasteiger partial charge is 0.366 e. The molecule has 2 aromatic carbocycles. The number of halogens is 3. The number of anilines is 2. The fourth-order valence-electron chi connectivity index (χ4n) is 2.17. The van der Waals surface area contributed by atoms with Crippen molar-refractivity contribution in [2.75, 3.05) is 10.6 Å². The average molecular weight is 358 g/mol. The summed E-state index contributed by atoms with van der Waals surface area (Å²) < 4.78 is 39.7. The van der Waals surface area contributed by atoms with Crippen molar-refractivity contribution in [2.45, 2.75) is 6.54 Å². The summed E-state index contributed by atoms with van der Waals surface area (Å²) in [5.41, 5.74) is 0.549. The van der Waals surface area contributed by atoms with Crippen LogP contribution in [0.1, 0.15) is 16.1 Å². The lowest BCUT2D eigenvalue weighted by atomic mass is 10.2. The van der Waals surface area contributed by atoms with Gasteiger partial charge in [-0.3, -0.25) is 4.79 Å². The van der Waals surface area contributed by atoms with Gasteiger partial charge in [0.15, 0.2) is 11.6 Å². The number of nitrogens with one attached hydrogen (secondary N) is 2. The molecule has 3 rings (SSSR count). The number of carbonyl (C=O) groups excluding carboxylic acids is 1. The molecule has 0 radical (unpaired) electrons. The summed E-state index contributed by atoms with van der Waals surface area (Å²) in [5.74, 6) is -2.74. The lowest BCUT2D eigenvalue weighted by Crippen LogP contribution is -2.15.